The number of alkyl carbamates (subject to hydrolysis) is 1. The van der Waals surface area contributed by atoms with Gasteiger partial charge in [0.25, 0.3) is 5.91 Å². The lowest BCUT2D eigenvalue weighted by Gasteiger charge is -2.26. The zero-order valence-electron chi connectivity index (χ0n) is 16.1. The largest absolute Gasteiger partial charge is 0.444 e. The Hall–Kier alpha value is -1.92. The van der Waals surface area contributed by atoms with Gasteiger partial charge in [0.15, 0.2) is 0 Å². The summed E-state index contributed by atoms with van der Waals surface area (Å²) in [4.78, 5) is 27.6. The number of ether oxygens (including phenoxy) is 1. The van der Waals surface area contributed by atoms with E-state index >= 15 is 0 Å². The Bertz CT molecular complexity index is 841. The second-order valence-corrected chi connectivity index (χ2v) is 8.53. The van der Waals surface area contributed by atoms with Crippen LogP contribution in [-0.4, -0.2) is 35.2 Å². The minimum atomic E-state index is -0.589. The molecule has 6 nitrogen and oxygen atoms in total. The van der Waals surface area contributed by atoms with Crippen LogP contribution in [0.1, 0.15) is 45.1 Å². The summed E-state index contributed by atoms with van der Waals surface area (Å²) in [7, 11) is 0. The van der Waals surface area contributed by atoms with Gasteiger partial charge in [0.05, 0.1) is 11.1 Å². The number of aromatic nitrogens is 1. The Balaban J connectivity index is 2.06. The lowest BCUT2D eigenvalue weighted by Crippen LogP contribution is -2.48. The molecule has 0 bridgehead atoms. The van der Waals surface area contributed by atoms with Crippen molar-refractivity contribution in [3.8, 4) is 0 Å². The van der Waals surface area contributed by atoms with Crippen molar-refractivity contribution in [2.75, 3.05) is 6.54 Å². The monoisotopic (exact) mass is 413 g/mol. The minimum absolute atomic E-state index is 0.0924. The number of H-pyrrole nitrogens is 1. The lowest BCUT2D eigenvalue weighted by atomic mass is 10.0. The van der Waals surface area contributed by atoms with Crippen molar-refractivity contribution in [1.82, 2.24) is 15.6 Å². The Kier molecular flexibility index (Phi) is 6.65. The van der Waals surface area contributed by atoms with Gasteiger partial charge in [0.1, 0.15) is 11.3 Å². The van der Waals surface area contributed by atoms with Crippen molar-refractivity contribution in [2.24, 2.45) is 5.92 Å². The van der Waals surface area contributed by atoms with Crippen LogP contribution in [0.3, 0.4) is 0 Å². The van der Waals surface area contributed by atoms with Gasteiger partial charge in [0, 0.05) is 22.5 Å². The number of hydrogen-bond acceptors (Lipinski definition) is 3. The van der Waals surface area contributed by atoms with Crippen molar-refractivity contribution in [3.63, 3.8) is 0 Å². The van der Waals surface area contributed by atoms with E-state index in [2.05, 4.69) is 15.6 Å². The van der Waals surface area contributed by atoms with E-state index in [1.807, 2.05) is 13.8 Å². The topological polar surface area (TPSA) is 83.2 Å². The highest BCUT2D eigenvalue weighted by Gasteiger charge is 2.23. The molecular weight excluding hydrogens is 389 g/mol. The highest BCUT2D eigenvalue weighted by Crippen LogP contribution is 2.29. The highest BCUT2D eigenvalue weighted by atomic mass is 35.5. The van der Waals surface area contributed by atoms with Crippen LogP contribution in [0, 0.1) is 5.92 Å². The van der Waals surface area contributed by atoms with Crippen molar-refractivity contribution >= 4 is 46.1 Å². The number of aromatic amines is 1. The molecule has 1 aromatic carbocycles. The highest BCUT2D eigenvalue weighted by molar-refractivity contribution is 6.39. The predicted molar refractivity (Wildman–Crippen MR) is 109 cm³/mol. The van der Waals surface area contributed by atoms with Gasteiger partial charge in [-0.2, -0.15) is 0 Å². The third kappa shape index (κ3) is 5.78. The molecule has 0 radical (unpaired) electrons. The number of benzene rings is 1. The van der Waals surface area contributed by atoms with Crippen LogP contribution in [0.4, 0.5) is 4.79 Å². The number of rotatable bonds is 5. The molecule has 2 rings (SSSR count). The molecule has 27 heavy (non-hydrogen) atoms. The van der Waals surface area contributed by atoms with Gasteiger partial charge < -0.3 is 20.4 Å². The first kappa shape index (κ1) is 21.4. The Morgan fingerprint density at radius 3 is 2.48 bits per heavy atom. The van der Waals surface area contributed by atoms with Crippen molar-refractivity contribution < 1.29 is 14.3 Å². The van der Waals surface area contributed by atoms with Crippen molar-refractivity contribution in [3.05, 3.63) is 33.9 Å². The molecule has 1 atom stereocenters. The minimum Gasteiger partial charge on any atom is -0.444 e. The summed E-state index contributed by atoms with van der Waals surface area (Å²) in [5, 5.41) is 7.13. The third-order valence-corrected chi connectivity index (χ3v) is 4.54. The molecule has 8 heteroatoms. The van der Waals surface area contributed by atoms with Gasteiger partial charge in [-0.05, 0) is 44.9 Å². The summed E-state index contributed by atoms with van der Waals surface area (Å²) in [6, 6.07) is 4.90. The van der Waals surface area contributed by atoms with E-state index in [-0.39, 0.29) is 30.1 Å². The SMILES string of the molecule is CC(C)[C@@H](CNC(=O)c1[nH]c2ccc(Cl)cc2c1Cl)NC(=O)OC(C)(C)C. The first-order chi connectivity index (χ1) is 12.5. The molecule has 0 saturated carbocycles. The molecule has 0 saturated heterocycles. The quantitative estimate of drug-likeness (QED) is 0.660. The fourth-order valence-corrected chi connectivity index (χ4v) is 2.95. The maximum absolute atomic E-state index is 12.6. The van der Waals surface area contributed by atoms with Crippen LogP contribution in [0.25, 0.3) is 10.9 Å². The van der Waals surface area contributed by atoms with E-state index in [9.17, 15) is 9.59 Å². The molecule has 1 aromatic heterocycles. The maximum Gasteiger partial charge on any atom is 0.407 e. The van der Waals surface area contributed by atoms with Crippen LogP contribution in [-0.2, 0) is 4.74 Å². The van der Waals surface area contributed by atoms with Gasteiger partial charge in [-0.15, -0.1) is 0 Å². The average molecular weight is 414 g/mol. The summed E-state index contributed by atoms with van der Waals surface area (Å²) in [5.74, 6) is -0.265. The normalized spacial score (nSPS) is 12.9. The van der Waals surface area contributed by atoms with Crippen LogP contribution in [0.15, 0.2) is 18.2 Å². The second-order valence-electron chi connectivity index (χ2n) is 7.71. The van der Waals surface area contributed by atoms with Crippen LogP contribution in [0.2, 0.25) is 10.0 Å². The molecular formula is C19H25Cl2N3O3. The van der Waals surface area contributed by atoms with E-state index in [0.717, 1.165) is 5.52 Å². The fraction of sp³-hybridized carbons (Fsp3) is 0.474. The summed E-state index contributed by atoms with van der Waals surface area (Å²) in [5.41, 5.74) is 0.393. The maximum atomic E-state index is 12.6. The van der Waals surface area contributed by atoms with Gasteiger partial charge in [0.2, 0.25) is 0 Å². The molecule has 148 valence electrons. The molecule has 0 unspecified atom stereocenters. The van der Waals surface area contributed by atoms with Crippen LogP contribution in [0.5, 0.6) is 0 Å². The van der Waals surface area contributed by atoms with Crippen LogP contribution < -0.4 is 10.6 Å². The first-order valence-corrected chi connectivity index (χ1v) is 9.48. The number of carbonyl (C=O) groups excluding carboxylic acids is 2. The zero-order chi connectivity index (χ0) is 20.4. The van der Waals surface area contributed by atoms with E-state index < -0.39 is 11.7 Å². The molecule has 2 aromatic rings. The molecule has 0 fully saturated rings. The first-order valence-electron chi connectivity index (χ1n) is 8.72. The molecule has 3 N–H and O–H groups in total. The van der Waals surface area contributed by atoms with E-state index in [1.54, 1.807) is 39.0 Å². The second kappa shape index (κ2) is 8.40. The van der Waals surface area contributed by atoms with Gasteiger partial charge in [-0.25, -0.2) is 4.79 Å². The Morgan fingerprint density at radius 1 is 1.22 bits per heavy atom. The van der Waals surface area contributed by atoms with E-state index in [4.69, 9.17) is 27.9 Å². The molecule has 2 amide bonds. The number of amides is 2. The van der Waals surface area contributed by atoms with E-state index in [1.165, 1.54) is 0 Å². The fourth-order valence-electron chi connectivity index (χ4n) is 2.49. The van der Waals surface area contributed by atoms with E-state index in [0.29, 0.717) is 15.4 Å². The van der Waals surface area contributed by atoms with Gasteiger partial charge in [-0.1, -0.05) is 37.0 Å². The number of carbonyl (C=O) groups is 2. The molecule has 0 aliphatic carbocycles. The molecule has 0 spiro atoms. The van der Waals surface area contributed by atoms with Crippen molar-refractivity contribution in [1.29, 1.82) is 0 Å². The number of nitrogens with one attached hydrogen (secondary N) is 3. The predicted octanol–water partition coefficient (Wildman–Crippen LogP) is 4.75. The van der Waals surface area contributed by atoms with Crippen molar-refractivity contribution in [2.45, 2.75) is 46.3 Å². The molecule has 1 heterocycles. The van der Waals surface area contributed by atoms with Gasteiger partial charge >= 0.3 is 6.09 Å². The molecule has 0 aliphatic rings. The van der Waals surface area contributed by atoms with Crippen LogP contribution >= 0.6 is 23.2 Å². The zero-order valence-corrected chi connectivity index (χ0v) is 17.6. The molecule has 0 aliphatic heterocycles. The smallest absolute Gasteiger partial charge is 0.407 e. The number of halogens is 2. The number of fused-ring (bicyclic) bond motifs is 1. The van der Waals surface area contributed by atoms with Gasteiger partial charge in [-0.3, -0.25) is 4.79 Å². The summed E-state index contributed by atoms with van der Waals surface area (Å²) >= 11 is 12.3. The average Bonchev–Trinajstić information content (AvgIpc) is 2.86. The number of hydrogen-bond donors (Lipinski definition) is 3. The lowest BCUT2D eigenvalue weighted by molar-refractivity contribution is 0.0487. The standard InChI is InChI=1S/C19H25Cl2N3O3/c1-10(2)14(24-18(26)27-19(3,4)5)9-22-17(25)16-15(21)12-8-11(20)6-7-13(12)23-16/h6-8,10,14,23H,9H2,1-5H3,(H,22,25)(H,24,26)/t14-/m1/s1. The summed E-state index contributed by atoms with van der Waals surface area (Å²) < 4.78 is 5.28. The summed E-state index contributed by atoms with van der Waals surface area (Å²) in [6.07, 6.45) is -0.520. The Morgan fingerprint density at radius 2 is 1.89 bits per heavy atom. The Labute approximate surface area is 168 Å². The summed E-state index contributed by atoms with van der Waals surface area (Å²) in [6.45, 7) is 9.52. The third-order valence-electron chi connectivity index (χ3n) is 3.91.